The van der Waals surface area contributed by atoms with Crippen molar-refractivity contribution in [3.63, 3.8) is 0 Å². The molecular weight excluding hydrogens is 656 g/mol. The van der Waals surface area contributed by atoms with E-state index in [1.54, 1.807) is 12.4 Å². The van der Waals surface area contributed by atoms with Crippen LogP contribution in [0, 0.1) is 0 Å². The quantitative estimate of drug-likeness (QED) is 0.0837. The maximum Gasteiger partial charge on any atom is 0.295 e. The van der Waals surface area contributed by atoms with Gasteiger partial charge < -0.3 is 29.0 Å². The summed E-state index contributed by atoms with van der Waals surface area (Å²) >= 11 is 0. The van der Waals surface area contributed by atoms with Crippen molar-refractivity contribution < 1.29 is 28.6 Å². The van der Waals surface area contributed by atoms with Gasteiger partial charge in [-0.3, -0.25) is 14.4 Å². The van der Waals surface area contributed by atoms with Gasteiger partial charge in [0, 0.05) is 37.5 Å². The molecule has 10 nitrogen and oxygen atoms in total. The number of carbonyl (C=O) groups excluding carboxylic acids is 3. The molecule has 0 saturated heterocycles. The largest absolute Gasteiger partial charge is 0.493 e. The van der Waals surface area contributed by atoms with Gasteiger partial charge in [-0.2, -0.15) is 0 Å². The fraction of sp³-hybridized carbons (Fsp3) is 0.286. The predicted octanol–water partition coefficient (Wildman–Crippen LogP) is 6.35. The van der Waals surface area contributed by atoms with Crippen LogP contribution in [-0.4, -0.2) is 77.8 Å². The Kier molecular flexibility index (Phi) is 13.2. The zero-order chi connectivity index (χ0) is 36.9. The van der Waals surface area contributed by atoms with Crippen LogP contribution in [0.3, 0.4) is 0 Å². The molecule has 5 rings (SSSR count). The van der Waals surface area contributed by atoms with Crippen molar-refractivity contribution in [1.82, 2.24) is 19.8 Å². The van der Waals surface area contributed by atoms with Gasteiger partial charge in [-0.15, -0.1) is 0 Å². The lowest BCUT2D eigenvalue weighted by Crippen LogP contribution is -2.54. The Labute approximate surface area is 305 Å². The van der Waals surface area contributed by atoms with Gasteiger partial charge in [0.25, 0.3) is 11.7 Å². The van der Waals surface area contributed by atoms with Gasteiger partial charge in [0.1, 0.15) is 11.9 Å². The fourth-order valence-electron chi connectivity index (χ4n) is 6.40. The number of likely N-dealkylation sites (N-methyl/N-ethyl adjacent to an activating group) is 1. The number of aryl methyl sites for hydroxylation is 2. The highest BCUT2D eigenvalue weighted by molar-refractivity contribution is 6.43. The molecule has 0 saturated carbocycles. The Bertz CT molecular complexity index is 1820. The Balaban J connectivity index is 1.52. The van der Waals surface area contributed by atoms with E-state index in [4.69, 9.17) is 14.2 Å². The third-order valence-corrected chi connectivity index (χ3v) is 9.28. The van der Waals surface area contributed by atoms with Gasteiger partial charge in [0.15, 0.2) is 11.5 Å². The van der Waals surface area contributed by atoms with Crippen molar-refractivity contribution in [3.8, 4) is 17.2 Å². The molecule has 1 aromatic heterocycles. The monoisotopic (exact) mass is 702 g/mol. The number of nitrogens with zero attached hydrogens (tertiary/aromatic N) is 3. The zero-order valence-corrected chi connectivity index (χ0v) is 30.2. The van der Waals surface area contributed by atoms with Gasteiger partial charge >= 0.3 is 0 Å². The van der Waals surface area contributed by atoms with Crippen LogP contribution in [0.2, 0.25) is 0 Å². The number of Topliss-reactive ketones (excluding diaryl/α,β-unsaturated/α-hetero) is 1. The lowest BCUT2D eigenvalue weighted by Gasteiger charge is -2.37. The Hall–Kier alpha value is -5.90. The Morgan fingerprint density at radius 3 is 1.71 bits per heavy atom. The van der Waals surface area contributed by atoms with Gasteiger partial charge in [-0.25, -0.2) is 4.98 Å². The van der Waals surface area contributed by atoms with Crippen LogP contribution in [0.1, 0.15) is 45.7 Å². The first-order valence-electron chi connectivity index (χ1n) is 17.3. The highest BCUT2D eigenvalue weighted by Crippen LogP contribution is 2.38. The first-order chi connectivity index (χ1) is 25.3. The fourth-order valence-corrected chi connectivity index (χ4v) is 6.40. The van der Waals surface area contributed by atoms with Crippen LogP contribution >= 0.6 is 0 Å². The summed E-state index contributed by atoms with van der Waals surface area (Å²) in [6, 6.07) is 31.6. The van der Waals surface area contributed by atoms with E-state index < -0.39 is 17.7 Å². The molecule has 0 bridgehead atoms. The number of imidazole rings is 1. The molecular formula is C42H46N4O6. The number of nitrogens with one attached hydrogen (secondary N) is 1. The molecule has 0 fully saturated rings. The molecule has 1 unspecified atom stereocenters. The summed E-state index contributed by atoms with van der Waals surface area (Å²) in [5.74, 6) is -0.533. The molecule has 1 N–H and O–H groups in total. The number of amides is 2. The summed E-state index contributed by atoms with van der Waals surface area (Å²) in [4.78, 5) is 53.9. The summed E-state index contributed by atoms with van der Waals surface area (Å²) in [7, 11) is 5.85. The summed E-state index contributed by atoms with van der Waals surface area (Å²) in [5.41, 5.74) is 3.24. The predicted molar refractivity (Wildman–Crippen MR) is 200 cm³/mol. The second kappa shape index (κ2) is 18.4. The maximum absolute atomic E-state index is 15.2. The number of carbonyl (C=O) groups is 3. The number of H-pyrrole nitrogens is 1. The van der Waals surface area contributed by atoms with Gasteiger partial charge in [0.05, 0.1) is 27.9 Å². The van der Waals surface area contributed by atoms with Gasteiger partial charge in [0.2, 0.25) is 11.7 Å². The van der Waals surface area contributed by atoms with Crippen LogP contribution in [0.4, 0.5) is 0 Å². The van der Waals surface area contributed by atoms with Crippen molar-refractivity contribution >= 4 is 17.6 Å². The SMILES string of the molecule is COc1cc(C(=O)C(=O)N(C)C(Cc2ccccc2)C(=O)N(Cc2ncc[nH]2)C(CCc2ccccc2)CCc2ccccc2)cc(OC)c1OC. The van der Waals surface area contributed by atoms with Crippen LogP contribution < -0.4 is 14.2 Å². The molecule has 0 radical (unpaired) electrons. The lowest BCUT2D eigenvalue weighted by molar-refractivity contribution is -0.145. The molecule has 10 heteroatoms. The molecule has 4 aromatic carbocycles. The molecule has 270 valence electrons. The molecule has 0 aliphatic rings. The lowest BCUT2D eigenvalue weighted by atomic mass is 9.95. The van der Waals surface area contributed by atoms with Crippen molar-refractivity contribution in [3.05, 3.63) is 144 Å². The van der Waals surface area contributed by atoms with E-state index in [0.29, 0.717) is 24.4 Å². The molecule has 5 aromatic rings. The number of ether oxygens (including phenoxy) is 3. The van der Waals surface area contributed by atoms with E-state index in [0.717, 1.165) is 18.4 Å². The van der Waals surface area contributed by atoms with Crippen LogP contribution in [-0.2, 0) is 35.4 Å². The number of rotatable bonds is 18. The van der Waals surface area contributed by atoms with Gasteiger partial charge in [-0.1, -0.05) is 91.0 Å². The average Bonchev–Trinajstić information content (AvgIpc) is 3.72. The van der Waals surface area contributed by atoms with E-state index in [1.165, 1.54) is 56.5 Å². The minimum Gasteiger partial charge on any atom is -0.493 e. The van der Waals surface area contributed by atoms with Crippen molar-refractivity contribution in [2.45, 2.75) is 50.7 Å². The molecule has 52 heavy (non-hydrogen) atoms. The number of ketones is 1. The van der Waals surface area contributed by atoms with E-state index in [2.05, 4.69) is 34.2 Å². The molecule has 0 aliphatic heterocycles. The normalized spacial score (nSPS) is 11.5. The van der Waals surface area contributed by atoms with Crippen LogP contribution in [0.5, 0.6) is 17.2 Å². The van der Waals surface area contributed by atoms with E-state index >= 15 is 4.79 Å². The standard InChI is InChI=1S/C42H46N4O6/c1-45(42(49)39(47)33-27-36(50-2)40(52-4)37(28-33)51-3)35(26-32-18-12-7-13-19-32)41(48)46(29-38-43-24-25-44-38)34(22-20-30-14-8-5-9-15-30)23-21-31-16-10-6-11-17-31/h5-19,24-25,27-28,34-35H,20-23,26,29H2,1-4H3,(H,43,44). The van der Waals surface area contributed by atoms with Crippen molar-refractivity contribution in [2.75, 3.05) is 28.4 Å². The number of hydrogen-bond donors (Lipinski definition) is 1. The van der Waals surface area contributed by atoms with Crippen LogP contribution in [0.25, 0.3) is 0 Å². The minimum absolute atomic E-state index is 0.0494. The molecule has 1 heterocycles. The van der Waals surface area contributed by atoms with E-state index in [9.17, 15) is 9.59 Å². The Morgan fingerprint density at radius 1 is 0.731 bits per heavy atom. The summed E-state index contributed by atoms with van der Waals surface area (Å²) in [5, 5.41) is 0. The summed E-state index contributed by atoms with van der Waals surface area (Å²) in [6.45, 7) is 0.203. The molecule has 0 aliphatic carbocycles. The summed E-state index contributed by atoms with van der Waals surface area (Å²) < 4.78 is 16.3. The highest BCUT2D eigenvalue weighted by atomic mass is 16.5. The number of aromatic amines is 1. The maximum atomic E-state index is 15.2. The first kappa shape index (κ1) is 37.4. The molecule has 1 atom stereocenters. The highest BCUT2D eigenvalue weighted by Gasteiger charge is 2.37. The van der Waals surface area contributed by atoms with E-state index in [-0.39, 0.29) is 42.0 Å². The summed E-state index contributed by atoms with van der Waals surface area (Å²) in [6.07, 6.45) is 6.46. The zero-order valence-electron chi connectivity index (χ0n) is 30.2. The Morgan fingerprint density at radius 2 is 1.25 bits per heavy atom. The van der Waals surface area contributed by atoms with Crippen molar-refractivity contribution in [2.24, 2.45) is 0 Å². The number of benzene rings is 4. The first-order valence-corrected chi connectivity index (χ1v) is 17.3. The molecule has 0 spiro atoms. The smallest absolute Gasteiger partial charge is 0.295 e. The third-order valence-electron chi connectivity index (χ3n) is 9.28. The average molecular weight is 703 g/mol. The van der Waals surface area contributed by atoms with E-state index in [1.807, 2.05) is 71.6 Å². The second-order valence-corrected chi connectivity index (χ2v) is 12.6. The van der Waals surface area contributed by atoms with Crippen molar-refractivity contribution in [1.29, 1.82) is 0 Å². The molecule has 2 amide bonds. The number of hydrogen-bond acceptors (Lipinski definition) is 7. The third kappa shape index (κ3) is 9.45. The topological polar surface area (TPSA) is 114 Å². The number of methoxy groups -OCH3 is 3. The second-order valence-electron chi connectivity index (χ2n) is 12.6. The number of aromatic nitrogens is 2. The minimum atomic E-state index is -1.01. The van der Waals surface area contributed by atoms with Crippen LogP contribution in [0.15, 0.2) is 116 Å². The van der Waals surface area contributed by atoms with Gasteiger partial charge in [-0.05, 0) is 54.5 Å².